The second-order valence-electron chi connectivity index (χ2n) is 2.22. The van der Waals surface area contributed by atoms with E-state index in [2.05, 4.69) is 4.99 Å². The summed E-state index contributed by atoms with van der Waals surface area (Å²) in [4.78, 5) is 22.9. The minimum absolute atomic E-state index is 0.126. The van der Waals surface area contributed by atoms with Crippen LogP contribution in [-0.4, -0.2) is 11.0 Å². The Morgan fingerprint density at radius 1 is 1.36 bits per heavy atom. The third kappa shape index (κ3) is 2.09. The van der Waals surface area contributed by atoms with Crippen molar-refractivity contribution in [1.29, 1.82) is 0 Å². The van der Waals surface area contributed by atoms with Gasteiger partial charge in [-0.3, -0.25) is 10.1 Å². The van der Waals surface area contributed by atoms with Crippen molar-refractivity contribution in [2.75, 3.05) is 0 Å². The molecule has 0 atom stereocenters. The molecule has 0 saturated heterocycles. The first-order valence-corrected chi connectivity index (χ1v) is 4.03. The molecule has 14 heavy (non-hydrogen) atoms. The van der Waals surface area contributed by atoms with E-state index in [4.69, 9.17) is 23.2 Å². The lowest BCUT2D eigenvalue weighted by atomic mass is 10.3. The summed E-state index contributed by atoms with van der Waals surface area (Å²) < 4.78 is 0. The Hall–Kier alpha value is -1.42. The molecule has 5 nitrogen and oxygen atoms in total. The number of nitro groups is 1. The zero-order valence-corrected chi connectivity index (χ0v) is 8.04. The van der Waals surface area contributed by atoms with Gasteiger partial charge >= 0.3 is 5.69 Å². The molecule has 0 heterocycles. The molecule has 0 bridgehead atoms. The van der Waals surface area contributed by atoms with Gasteiger partial charge < -0.3 is 0 Å². The van der Waals surface area contributed by atoms with E-state index in [1.165, 1.54) is 6.08 Å². The number of nitrogens with zero attached hydrogens (tertiary/aromatic N) is 2. The van der Waals surface area contributed by atoms with Gasteiger partial charge in [-0.05, 0) is 12.1 Å². The summed E-state index contributed by atoms with van der Waals surface area (Å²) in [7, 11) is 0. The maximum atomic E-state index is 10.4. The number of carbonyl (C=O) groups excluding carboxylic acids is 1. The highest BCUT2D eigenvalue weighted by Crippen LogP contribution is 2.36. The molecule has 0 fully saturated rings. The molecule has 0 amide bonds. The molecule has 0 aromatic heterocycles. The van der Waals surface area contributed by atoms with Crippen LogP contribution in [0.2, 0.25) is 10.0 Å². The fourth-order valence-electron chi connectivity index (χ4n) is 0.844. The Balaban J connectivity index is 3.39. The number of nitro benzene ring substituents is 1. The lowest BCUT2D eigenvalue weighted by Gasteiger charge is -1.98. The monoisotopic (exact) mass is 232 g/mol. The molecule has 0 spiro atoms. The van der Waals surface area contributed by atoms with Gasteiger partial charge in [0.2, 0.25) is 6.08 Å². The summed E-state index contributed by atoms with van der Waals surface area (Å²) in [6.07, 6.45) is 1.27. The molecule has 0 radical (unpaired) electrons. The van der Waals surface area contributed by atoms with Crippen LogP contribution in [0.1, 0.15) is 0 Å². The SMILES string of the molecule is O=C=Nc1cc(Cl)c([N+](=O)[O-])c(Cl)c1. The van der Waals surface area contributed by atoms with E-state index in [1.54, 1.807) is 0 Å². The van der Waals surface area contributed by atoms with Gasteiger partial charge in [-0.1, -0.05) is 23.2 Å². The minimum atomic E-state index is -0.709. The van der Waals surface area contributed by atoms with Crippen molar-refractivity contribution in [2.45, 2.75) is 0 Å². The van der Waals surface area contributed by atoms with Crippen molar-refractivity contribution < 1.29 is 9.72 Å². The van der Waals surface area contributed by atoms with Gasteiger partial charge in [0, 0.05) is 0 Å². The fourth-order valence-corrected chi connectivity index (χ4v) is 1.46. The van der Waals surface area contributed by atoms with E-state index in [9.17, 15) is 14.9 Å². The standard InChI is InChI=1S/C7H2Cl2N2O3/c8-5-1-4(10-3-12)2-6(9)7(5)11(13)14/h1-2H. The average Bonchev–Trinajstić information content (AvgIpc) is 2.01. The molecule has 72 valence electrons. The van der Waals surface area contributed by atoms with E-state index in [0.29, 0.717) is 0 Å². The highest BCUT2D eigenvalue weighted by atomic mass is 35.5. The van der Waals surface area contributed by atoms with Crippen LogP contribution in [0, 0.1) is 10.1 Å². The smallest absolute Gasteiger partial charge is 0.258 e. The van der Waals surface area contributed by atoms with Crippen molar-refractivity contribution in [3.63, 3.8) is 0 Å². The Labute approximate surface area is 88.1 Å². The number of hydrogen-bond acceptors (Lipinski definition) is 4. The number of hydrogen-bond donors (Lipinski definition) is 0. The summed E-state index contributed by atoms with van der Waals surface area (Å²) in [6.45, 7) is 0. The molecule has 0 aliphatic carbocycles. The van der Waals surface area contributed by atoms with Gasteiger partial charge in [0.05, 0.1) is 10.6 Å². The number of isocyanates is 1. The second-order valence-corrected chi connectivity index (χ2v) is 3.03. The van der Waals surface area contributed by atoms with E-state index in [1.807, 2.05) is 0 Å². The molecule has 7 heteroatoms. The predicted molar refractivity (Wildman–Crippen MR) is 50.9 cm³/mol. The molecule has 1 rings (SSSR count). The first kappa shape index (κ1) is 10.7. The van der Waals surface area contributed by atoms with E-state index in [0.717, 1.165) is 12.1 Å². The Kier molecular flexibility index (Phi) is 3.19. The van der Waals surface area contributed by atoms with Crippen LogP contribution >= 0.6 is 23.2 Å². The molecule has 1 aromatic carbocycles. The van der Waals surface area contributed by atoms with Crippen LogP contribution < -0.4 is 0 Å². The predicted octanol–water partition coefficient (Wildman–Crippen LogP) is 2.87. The van der Waals surface area contributed by atoms with Crippen LogP contribution in [0.15, 0.2) is 17.1 Å². The summed E-state index contributed by atoms with van der Waals surface area (Å²) in [5.74, 6) is 0. The van der Waals surface area contributed by atoms with Crippen LogP contribution in [-0.2, 0) is 4.79 Å². The lowest BCUT2D eigenvalue weighted by Crippen LogP contribution is -1.89. The molecular formula is C7H2Cl2N2O3. The van der Waals surface area contributed by atoms with Crippen LogP contribution in [0.5, 0.6) is 0 Å². The molecule has 0 aliphatic rings. The van der Waals surface area contributed by atoms with Gasteiger partial charge in [-0.2, -0.15) is 4.99 Å². The van der Waals surface area contributed by atoms with Gasteiger partial charge in [-0.15, -0.1) is 0 Å². The molecule has 0 N–H and O–H groups in total. The normalized spacial score (nSPS) is 9.29. The second kappa shape index (κ2) is 4.19. The highest BCUT2D eigenvalue weighted by molar-refractivity contribution is 6.38. The number of aliphatic imine (C=N–C) groups is 1. The topological polar surface area (TPSA) is 72.6 Å². The maximum absolute atomic E-state index is 10.4. The molecule has 0 aliphatic heterocycles. The van der Waals surface area contributed by atoms with Crippen LogP contribution in [0.3, 0.4) is 0 Å². The lowest BCUT2D eigenvalue weighted by molar-refractivity contribution is -0.384. The van der Waals surface area contributed by atoms with Crippen molar-refractivity contribution in [3.05, 3.63) is 32.3 Å². The van der Waals surface area contributed by atoms with Crippen LogP contribution in [0.25, 0.3) is 0 Å². The Morgan fingerprint density at radius 3 is 2.21 bits per heavy atom. The average molecular weight is 233 g/mol. The molecule has 1 aromatic rings. The van der Waals surface area contributed by atoms with Gasteiger partial charge in [0.25, 0.3) is 0 Å². The largest absolute Gasteiger partial charge is 0.306 e. The quantitative estimate of drug-likeness (QED) is 0.341. The Morgan fingerprint density at radius 2 is 1.86 bits per heavy atom. The van der Waals surface area contributed by atoms with Crippen molar-refractivity contribution in [1.82, 2.24) is 0 Å². The summed E-state index contributed by atoms with van der Waals surface area (Å²) >= 11 is 11.1. The summed E-state index contributed by atoms with van der Waals surface area (Å²) in [5, 5.41) is 10.1. The van der Waals surface area contributed by atoms with E-state index < -0.39 is 10.6 Å². The zero-order chi connectivity index (χ0) is 10.7. The maximum Gasteiger partial charge on any atom is 0.306 e. The van der Waals surface area contributed by atoms with Gasteiger partial charge in [-0.25, -0.2) is 4.79 Å². The zero-order valence-electron chi connectivity index (χ0n) is 6.53. The fraction of sp³-hybridized carbons (Fsp3) is 0. The molecule has 0 unspecified atom stereocenters. The van der Waals surface area contributed by atoms with Gasteiger partial charge in [0.1, 0.15) is 10.0 Å². The van der Waals surface area contributed by atoms with Gasteiger partial charge in [0.15, 0.2) is 0 Å². The number of benzene rings is 1. The van der Waals surface area contributed by atoms with Crippen molar-refractivity contribution in [2.24, 2.45) is 4.99 Å². The first-order chi connectivity index (χ1) is 6.56. The molecule has 0 saturated carbocycles. The van der Waals surface area contributed by atoms with E-state index in [-0.39, 0.29) is 15.7 Å². The third-order valence-electron chi connectivity index (χ3n) is 1.36. The molecular weight excluding hydrogens is 231 g/mol. The van der Waals surface area contributed by atoms with Crippen molar-refractivity contribution >= 4 is 40.7 Å². The van der Waals surface area contributed by atoms with E-state index >= 15 is 0 Å². The first-order valence-electron chi connectivity index (χ1n) is 3.27. The van der Waals surface area contributed by atoms with Crippen molar-refractivity contribution in [3.8, 4) is 0 Å². The summed E-state index contributed by atoms with van der Waals surface area (Å²) in [5.41, 5.74) is -0.279. The highest BCUT2D eigenvalue weighted by Gasteiger charge is 2.18. The minimum Gasteiger partial charge on any atom is -0.258 e. The third-order valence-corrected chi connectivity index (χ3v) is 1.94. The number of rotatable bonds is 2. The Bertz CT molecular complexity index is 418. The van der Waals surface area contributed by atoms with Crippen LogP contribution in [0.4, 0.5) is 11.4 Å². The number of halogens is 2. The summed E-state index contributed by atoms with van der Waals surface area (Å²) in [6, 6.07) is 2.33.